The summed E-state index contributed by atoms with van der Waals surface area (Å²) in [5, 5.41) is 5.35. The molecule has 0 atom stereocenters. The van der Waals surface area contributed by atoms with E-state index in [0.29, 0.717) is 6.04 Å². The lowest BCUT2D eigenvalue weighted by molar-refractivity contribution is 0.677. The van der Waals surface area contributed by atoms with E-state index in [-0.39, 0.29) is 0 Å². The Kier molecular flexibility index (Phi) is 4.93. The van der Waals surface area contributed by atoms with E-state index in [0.717, 1.165) is 13.1 Å². The van der Waals surface area contributed by atoms with Gasteiger partial charge in [0.15, 0.2) is 0 Å². The molecule has 0 saturated carbocycles. The van der Waals surface area contributed by atoms with Crippen LogP contribution in [0.25, 0.3) is 0 Å². The van der Waals surface area contributed by atoms with Crippen molar-refractivity contribution >= 4 is 17.0 Å². The highest BCUT2D eigenvalue weighted by Gasteiger charge is 2.15. The van der Waals surface area contributed by atoms with Crippen molar-refractivity contribution in [3.05, 3.63) is 46.4 Å². The van der Waals surface area contributed by atoms with Crippen molar-refractivity contribution in [1.29, 1.82) is 0 Å². The fraction of sp³-hybridized carbons (Fsp3) is 0.400. The van der Waals surface area contributed by atoms with Gasteiger partial charge in [-0.3, -0.25) is 4.98 Å². The molecule has 2 rings (SSSR count). The molecule has 19 heavy (non-hydrogen) atoms. The van der Waals surface area contributed by atoms with E-state index < -0.39 is 0 Å². The second-order valence-electron chi connectivity index (χ2n) is 4.84. The number of anilines is 1. The third kappa shape index (κ3) is 3.55. The highest BCUT2D eigenvalue weighted by Crippen LogP contribution is 2.25. The maximum absolute atomic E-state index is 4.24. The van der Waals surface area contributed by atoms with Crippen LogP contribution in [0.3, 0.4) is 0 Å². The minimum Gasteiger partial charge on any atom is -0.364 e. The normalized spacial score (nSPS) is 10.9. The Balaban J connectivity index is 2.28. The first-order chi connectivity index (χ1) is 9.22. The molecule has 2 heterocycles. The zero-order chi connectivity index (χ0) is 13.7. The average Bonchev–Trinajstić information content (AvgIpc) is 2.90. The fourth-order valence-corrected chi connectivity index (χ4v) is 2.85. The van der Waals surface area contributed by atoms with Crippen LogP contribution in [0, 0.1) is 0 Å². The van der Waals surface area contributed by atoms with Gasteiger partial charge in [-0.1, -0.05) is 6.07 Å². The van der Waals surface area contributed by atoms with Crippen molar-refractivity contribution in [1.82, 2.24) is 10.3 Å². The standard InChI is InChI=1S/C15H21N3S/c1-12(2)18(11-14-5-4-8-19-14)15-6-7-17-10-13(15)9-16-3/h4-8,10,12,16H,9,11H2,1-3H3. The summed E-state index contributed by atoms with van der Waals surface area (Å²) in [6.07, 6.45) is 3.83. The van der Waals surface area contributed by atoms with Gasteiger partial charge >= 0.3 is 0 Å². The topological polar surface area (TPSA) is 28.2 Å². The number of aromatic nitrogens is 1. The molecule has 0 unspecified atom stereocenters. The first-order valence-corrected chi connectivity index (χ1v) is 7.47. The molecule has 3 nitrogen and oxygen atoms in total. The summed E-state index contributed by atoms with van der Waals surface area (Å²) in [6.45, 7) is 6.27. The van der Waals surface area contributed by atoms with Crippen LogP contribution in [0.1, 0.15) is 24.3 Å². The van der Waals surface area contributed by atoms with Crippen molar-refractivity contribution in [2.24, 2.45) is 0 Å². The number of hydrogen-bond donors (Lipinski definition) is 1. The zero-order valence-corrected chi connectivity index (χ0v) is 12.6. The molecule has 0 aromatic carbocycles. The van der Waals surface area contributed by atoms with Crippen molar-refractivity contribution in [3.8, 4) is 0 Å². The highest BCUT2D eigenvalue weighted by molar-refractivity contribution is 7.09. The Morgan fingerprint density at radius 1 is 1.37 bits per heavy atom. The molecule has 0 radical (unpaired) electrons. The lowest BCUT2D eigenvalue weighted by Crippen LogP contribution is -2.31. The third-order valence-electron chi connectivity index (χ3n) is 3.08. The summed E-state index contributed by atoms with van der Waals surface area (Å²) < 4.78 is 0. The number of hydrogen-bond acceptors (Lipinski definition) is 4. The van der Waals surface area contributed by atoms with Gasteiger partial charge in [0.1, 0.15) is 0 Å². The van der Waals surface area contributed by atoms with Gasteiger partial charge in [-0.25, -0.2) is 0 Å². The van der Waals surface area contributed by atoms with Crippen LogP contribution in [0.15, 0.2) is 36.0 Å². The molecule has 2 aromatic rings. The Labute approximate surface area is 119 Å². The van der Waals surface area contributed by atoms with Gasteiger partial charge in [-0.05, 0) is 38.4 Å². The first kappa shape index (κ1) is 14.0. The number of thiophene rings is 1. The van der Waals surface area contributed by atoms with Gasteiger partial charge in [0.2, 0.25) is 0 Å². The SMILES string of the molecule is CNCc1cnccc1N(Cc1cccs1)C(C)C. The molecule has 4 heteroatoms. The second kappa shape index (κ2) is 6.68. The number of pyridine rings is 1. The molecular weight excluding hydrogens is 254 g/mol. The van der Waals surface area contributed by atoms with E-state index in [2.05, 4.69) is 52.6 Å². The van der Waals surface area contributed by atoms with Crippen molar-refractivity contribution in [2.45, 2.75) is 33.0 Å². The molecule has 0 amide bonds. The maximum Gasteiger partial charge on any atom is 0.0525 e. The highest BCUT2D eigenvalue weighted by atomic mass is 32.1. The molecule has 0 aliphatic carbocycles. The van der Waals surface area contributed by atoms with Gasteiger partial charge in [-0.2, -0.15) is 0 Å². The summed E-state index contributed by atoms with van der Waals surface area (Å²) in [6, 6.07) is 6.87. The second-order valence-corrected chi connectivity index (χ2v) is 5.87. The Morgan fingerprint density at radius 2 is 2.21 bits per heavy atom. The molecule has 0 spiro atoms. The molecule has 0 bridgehead atoms. The molecule has 1 N–H and O–H groups in total. The smallest absolute Gasteiger partial charge is 0.0525 e. The largest absolute Gasteiger partial charge is 0.364 e. The van der Waals surface area contributed by atoms with Gasteiger partial charge < -0.3 is 10.2 Å². The summed E-state index contributed by atoms with van der Waals surface area (Å²) in [7, 11) is 1.97. The van der Waals surface area contributed by atoms with E-state index in [9.17, 15) is 0 Å². The van der Waals surface area contributed by atoms with Crippen molar-refractivity contribution < 1.29 is 0 Å². The van der Waals surface area contributed by atoms with E-state index in [1.54, 1.807) is 0 Å². The quantitative estimate of drug-likeness (QED) is 0.877. The monoisotopic (exact) mass is 275 g/mol. The van der Waals surface area contributed by atoms with Gasteiger partial charge in [0.05, 0.1) is 6.54 Å². The molecular formula is C15H21N3S. The molecule has 0 aliphatic rings. The molecule has 0 saturated heterocycles. The summed E-state index contributed by atoms with van der Waals surface area (Å²) in [4.78, 5) is 8.06. The fourth-order valence-electron chi connectivity index (χ4n) is 2.14. The first-order valence-electron chi connectivity index (χ1n) is 6.59. The minimum absolute atomic E-state index is 0.458. The van der Waals surface area contributed by atoms with Crippen LogP contribution in [0.4, 0.5) is 5.69 Å². The van der Waals surface area contributed by atoms with Crippen molar-refractivity contribution in [3.63, 3.8) is 0 Å². The molecule has 0 fully saturated rings. The lowest BCUT2D eigenvalue weighted by Gasteiger charge is -2.30. The van der Waals surface area contributed by atoms with E-state index >= 15 is 0 Å². The van der Waals surface area contributed by atoms with Crippen LogP contribution >= 0.6 is 11.3 Å². The van der Waals surface area contributed by atoms with Gasteiger partial charge in [0.25, 0.3) is 0 Å². The van der Waals surface area contributed by atoms with Crippen molar-refractivity contribution in [2.75, 3.05) is 11.9 Å². The average molecular weight is 275 g/mol. The Morgan fingerprint density at radius 3 is 2.84 bits per heavy atom. The Hall–Kier alpha value is -1.39. The Bertz CT molecular complexity index is 494. The maximum atomic E-state index is 4.24. The van der Waals surface area contributed by atoms with E-state index in [1.807, 2.05) is 30.8 Å². The van der Waals surface area contributed by atoms with Gasteiger partial charge in [-0.15, -0.1) is 11.3 Å². The number of rotatable bonds is 6. The number of nitrogens with one attached hydrogen (secondary N) is 1. The number of nitrogens with zero attached hydrogens (tertiary/aromatic N) is 2. The van der Waals surface area contributed by atoms with E-state index in [1.165, 1.54) is 16.1 Å². The predicted octanol–water partition coefficient (Wildman–Crippen LogP) is 3.28. The van der Waals surface area contributed by atoms with Crippen LogP contribution < -0.4 is 10.2 Å². The van der Waals surface area contributed by atoms with Gasteiger partial charge in [0, 0.05) is 41.1 Å². The lowest BCUT2D eigenvalue weighted by atomic mass is 10.1. The van der Waals surface area contributed by atoms with Crippen LogP contribution in [0.2, 0.25) is 0 Å². The zero-order valence-electron chi connectivity index (χ0n) is 11.8. The van der Waals surface area contributed by atoms with Crippen LogP contribution in [-0.4, -0.2) is 18.1 Å². The molecule has 0 aliphatic heterocycles. The van der Waals surface area contributed by atoms with E-state index in [4.69, 9.17) is 0 Å². The predicted molar refractivity (Wildman–Crippen MR) is 82.6 cm³/mol. The summed E-state index contributed by atoms with van der Waals surface area (Å²) in [5.74, 6) is 0. The van der Waals surface area contributed by atoms with Crippen LogP contribution in [-0.2, 0) is 13.1 Å². The summed E-state index contributed by atoms with van der Waals surface area (Å²) in [5.41, 5.74) is 2.52. The van der Waals surface area contributed by atoms with Crippen LogP contribution in [0.5, 0.6) is 0 Å². The molecule has 102 valence electrons. The molecule has 2 aromatic heterocycles. The summed E-state index contributed by atoms with van der Waals surface area (Å²) >= 11 is 1.81. The third-order valence-corrected chi connectivity index (χ3v) is 3.95. The minimum atomic E-state index is 0.458.